The summed E-state index contributed by atoms with van der Waals surface area (Å²) in [5.74, 6) is -1.62. The van der Waals surface area contributed by atoms with E-state index in [1.165, 1.54) is 14.0 Å². The summed E-state index contributed by atoms with van der Waals surface area (Å²) in [5, 5.41) is 15.7. The Morgan fingerprint density at radius 2 is 1.88 bits per heavy atom. The normalized spacial score (nSPS) is 13.7. The first-order chi connectivity index (χ1) is 7.35. The van der Waals surface area contributed by atoms with Gasteiger partial charge in [0, 0.05) is 7.05 Å². The molecule has 0 aliphatic rings. The number of amides is 3. The molecule has 0 spiro atoms. The van der Waals surface area contributed by atoms with Crippen LogP contribution in [0.25, 0.3) is 0 Å². The average molecular weight is 231 g/mol. The molecular weight excluding hydrogens is 214 g/mol. The van der Waals surface area contributed by atoms with Crippen LogP contribution in [0.5, 0.6) is 0 Å². The molecule has 1 atom stereocenters. The van der Waals surface area contributed by atoms with Gasteiger partial charge >= 0.3 is 12.0 Å². The number of rotatable bonds is 5. The molecule has 0 aliphatic carbocycles. The first-order valence-electron chi connectivity index (χ1n) is 4.85. The molecule has 0 aromatic rings. The van der Waals surface area contributed by atoms with E-state index in [2.05, 4.69) is 10.6 Å². The number of carboxylic acids is 1. The van der Waals surface area contributed by atoms with Crippen LogP contribution in [0.3, 0.4) is 0 Å². The topological polar surface area (TPSA) is 108 Å². The van der Waals surface area contributed by atoms with Crippen molar-refractivity contribution in [3.63, 3.8) is 0 Å². The van der Waals surface area contributed by atoms with Gasteiger partial charge in [0.2, 0.25) is 5.91 Å². The first-order valence-corrected chi connectivity index (χ1v) is 4.85. The summed E-state index contributed by atoms with van der Waals surface area (Å²) in [6.45, 7) is 2.93. The lowest BCUT2D eigenvalue weighted by molar-refractivity contribution is -0.144. The van der Waals surface area contributed by atoms with E-state index in [1.54, 1.807) is 6.92 Å². The summed E-state index contributed by atoms with van der Waals surface area (Å²) in [6, 6.07) is -0.625. The maximum atomic E-state index is 11.2. The molecule has 0 aliphatic heterocycles. The Labute approximate surface area is 93.6 Å². The lowest BCUT2D eigenvalue weighted by atomic mass is 9.99. The quantitative estimate of drug-likeness (QED) is 0.499. The number of hydrogen-bond donors (Lipinski definition) is 4. The number of nitrogens with one attached hydrogen (secondary N) is 3. The molecular formula is C9H17N3O4. The molecule has 16 heavy (non-hydrogen) atoms. The van der Waals surface area contributed by atoms with Crippen LogP contribution in [0.1, 0.15) is 20.3 Å². The number of urea groups is 1. The van der Waals surface area contributed by atoms with Gasteiger partial charge in [0.05, 0.1) is 6.54 Å². The molecule has 0 saturated heterocycles. The Morgan fingerprint density at radius 3 is 2.25 bits per heavy atom. The minimum Gasteiger partial charge on any atom is -0.480 e. The number of hydrogen-bond acceptors (Lipinski definition) is 4. The predicted octanol–water partition coefficient (Wildman–Crippen LogP) is -0.715. The molecule has 0 saturated carbocycles. The Kier molecular flexibility index (Phi) is 5.44. The molecule has 0 rings (SSSR count). The second-order valence-electron chi connectivity index (χ2n) is 3.47. The number of carbonyl (C=O) groups is 3. The van der Waals surface area contributed by atoms with E-state index in [-0.39, 0.29) is 6.54 Å². The maximum absolute atomic E-state index is 11.2. The van der Waals surface area contributed by atoms with Gasteiger partial charge in [0.1, 0.15) is 5.54 Å². The van der Waals surface area contributed by atoms with E-state index in [0.29, 0.717) is 6.42 Å². The Bertz CT molecular complexity index is 292. The fourth-order valence-electron chi connectivity index (χ4n) is 0.861. The summed E-state index contributed by atoms with van der Waals surface area (Å²) in [7, 11) is 1.38. The highest BCUT2D eigenvalue weighted by molar-refractivity contribution is 5.95. The molecule has 0 bridgehead atoms. The SMILES string of the molecule is CCC(C)(NCC(=O)NC(=O)NC)C(=O)O. The van der Waals surface area contributed by atoms with E-state index in [0.717, 1.165) is 0 Å². The van der Waals surface area contributed by atoms with Gasteiger partial charge in [-0.2, -0.15) is 0 Å². The zero-order chi connectivity index (χ0) is 12.8. The van der Waals surface area contributed by atoms with E-state index in [1.807, 2.05) is 5.32 Å². The largest absolute Gasteiger partial charge is 0.480 e. The van der Waals surface area contributed by atoms with Crippen LogP contribution < -0.4 is 16.0 Å². The van der Waals surface area contributed by atoms with Crippen molar-refractivity contribution in [1.29, 1.82) is 0 Å². The highest BCUT2D eigenvalue weighted by Crippen LogP contribution is 2.08. The van der Waals surface area contributed by atoms with Crippen LogP contribution in [-0.2, 0) is 9.59 Å². The van der Waals surface area contributed by atoms with Crippen LogP contribution in [0.2, 0.25) is 0 Å². The van der Waals surface area contributed by atoms with Crippen molar-refractivity contribution in [1.82, 2.24) is 16.0 Å². The van der Waals surface area contributed by atoms with Crippen LogP contribution in [0, 0.1) is 0 Å². The van der Waals surface area contributed by atoms with E-state index < -0.39 is 23.4 Å². The second kappa shape index (κ2) is 6.06. The fourth-order valence-corrected chi connectivity index (χ4v) is 0.861. The molecule has 0 aromatic carbocycles. The van der Waals surface area contributed by atoms with Crippen LogP contribution in [-0.4, -0.2) is 42.1 Å². The van der Waals surface area contributed by atoms with E-state index in [9.17, 15) is 14.4 Å². The van der Waals surface area contributed by atoms with Crippen molar-refractivity contribution >= 4 is 17.9 Å². The van der Waals surface area contributed by atoms with Gasteiger partial charge in [0.25, 0.3) is 0 Å². The molecule has 0 heterocycles. The van der Waals surface area contributed by atoms with Crippen LogP contribution >= 0.6 is 0 Å². The standard InChI is InChI=1S/C9H17N3O4/c1-4-9(2,7(14)15)11-5-6(13)12-8(16)10-3/h11H,4-5H2,1-3H3,(H,14,15)(H2,10,12,13,16). The zero-order valence-corrected chi connectivity index (χ0v) is 9.59. The molecule has 7 nitrogen and oxygen atoms in total. The Balaban J connectivity index is 4.18. The van der Waals surface area contributed by atoms with Gasteiger partial charge in [-0.15, -0.1) is 0 Å². The van der Waals surface area contributed by atoms with Crippen molar-refractivity contribution in [3.8, 4) is 0 Å². The molecule has 0 aromatic heterocycles. The highest BCUT2D eigenvalue weighted by Gasteiger charge is 2.30. The fraction of sp³-hybridized carbons (Fsp3) is 0.667. The minimum absolute atomic E-state index is 0.232. The Hall–Kier alpha value is -1.63. The molecule has 4 N–H and O–H groups in total. The molecule has 3 amide bonds. The third kappa shape index (κ3) is 4.26. The van der Waals surface area contributed by atoms with Gasteiger partial charge in [-0.25, -0.2) is 4.79 Å². The monoisotopic (exact) mass is 231 g/mol. The number of carbonyl (C=O) groups excluding carboxylic acids is 2. The lowest BCUT2D eigenvalue weighted by Crippen LogP contribution is -2.53. The smallest absolute Gasteiger partial charge is 0.323 e. The van der Waals surface area contributed by atoms with E-state index in [4.69, 9.17) is 5.11 Å². The maximum Gasteiger partial charge on any atom is 0.323 e. The predicted molar refractivity (Wildman–Crippen MR) is 56.9 cm³/mol. The second-order valence-corrected chi connectivity index (χ2v) is 3.47. The molecule has 0 fully saturated rings. The minimum atomic E-state index is -1.17. The number of carboxylic acid groups (broad SMARTS) is 1. The Morgan fingerprint density at radius 1 is 1.31 bits per heavy atom. The van der Waals surface area contributed by atoms with Crippen molar-refractivity contribution < 1.29 is 19.5 Å². The molecule has 0 radical (unpaired) electrons. The molecule has 92 valence electrons. The number of imide groups is 1. The zero-order valence-electron chi connectivity index (χ0n) is 9.59. The summed E-state index contributed by atoms with van der Waals surface area (Å²) in [4.78, 5) is 32.8. The van der Waals surface area contributed by atoms with Gasteiger partial charge in [-0.05, 0) is 13.3 Å². The van der Waals surface area contributed by atoms with Gasteiger partial charge in [-0.3, -0.25) is 20.2 Å². The first kappa shape index (κ1) is 14.4. The van der Waals surface area contributed by atoms with Crippen LogP contribution in [0.4, 0.5) is 4.79 Å². The van der Waals surface area contributed by atoms with E-state index >= 15 is 0 Å². The van der Waals surface area contributed by atoms with Gasteiger partial charge in [-0.1, -0.05) is 6.92 Å². The summed E-state index contributed by atoms with van der Waals surface area (Å²) < 4.78 is 0. The van der Waals surface area contributed by atoms with Crippen molar-refractivity contribution in [2.24, 2.45) is 0 Å². The number of aliphatic carboxylic acids is 1. The lowest BCUT2D eigenvalue weighted by Gasteiger charge is -2.24. The van der Waals surface area contributed by atoms with Crippen molar-refractivity contribution in [2.75, 3.05) is 13.6 Å². The third-order valence-electron chi connectivity index (χ3n) is 2.30. The molecule has 7 heteroatoms. The summed E-state index contributed by atoms with van der Waals surface area (Å²) >= 11 is 0. The summed E-state index contributed by atoms with van der Waals surface area (Å²) in [5.41, 5.74) is -1.17. The molecule has 1 unspecified atom stereocenters. The van der Waals surface area contributed by atoms with Gasteiger partial charge < -0.3 is 10.4 Å². The summed E-state index contributed by atoms with van der Waals surface area (Å²) in [6.07, 6.45) is 0.329. The third-order valence-corrected chi connectivity index (χ3v) is 2.30. The highest BCUT2D eigenvalue weighted by atomic mass is 16.4. The van der Waals surface area contributed by atoms with Crippen molar-refractivity contribution in [3.05, 3.63) is 0 Å². The van der Waals surface area contributed by atoms with Crippen molar-refractivity contribution in [2.45, 2.75) is 25.8 Å². The van der Waals surface area contributed by atoms with Crippen LogP contribution in [0.15, 0.2) is 0 Å². The van der Waals surface area contributed by atoms with Gasteiger partial charge in [0.15, 0.2) is 0 Å². The average Bonchev–Trinajstić information content (AvgIpc) is 2.25.